The molecule has 22 rings (SSSR count). The smallest absolute Gasteiger partial charge is 0.293 e. The van der Waals surface area contributed by atoms with Gasteiger partial charge in [-0.1, -0.05) is 23.5 Å². The second kappa shape index (κ2) is 14.8. The molecule has 0 unspecified atom stereocenters. The second-order valence-electron chi connectivity index (χ2n) is 11.6. The van der Waals surface area contributed by atoms with Crippen LogP contribution in [0.15, 0.2) is 141 Å². The van der Waals surface area contributed by atoms with Crippen LogP contribution in [0.4, 0.5) is 68.2 Å². The van der Waals surface area contributed by atoms with Crippen molar-refractivity contribution in [2.45, 2.75) is 19.6 Å². The van der Waals surface area contributed by atoms with E-state index in [0.717, 1.165) is 23.5 Å². The molecule has 0 saturated carbocycles. The molecule has 0 saturated heterocycles. The SMILES string of the molecule is O=[N+]([O-])c1cc2ccc1Nc1ccc(cc1)Nc1ccc(cc1[N+](=O)[O-])Sc1ccc(c([N+](=O)[O-])c1)Nc1ccc(cc1)Nc1ccc(cc1[N+](=O)[O-])S2. The summed E-state index contributed by atoms with van der Waals surface area (Å²) >= 11 is 2.24. The predicted molar refractivity (Wildman–Crippen MR) is 207 cm³/mol. The molecule has 0 spiro atoms. The van der Waals surface area contributed by atoms with Crippen LogP contribution in [0, 0.1) is 40.5 Å². The number of nitro benzene ring substituents is 4. The lowest BCUT2D eigenvalue weighted by molar-refractivity contribution is -0.384. The topological polar surface area (TPSA) is 221 Å². The summed E-state index contributed by atoms with van der Waals surface area (Å²) in [5.74, 6) is 0. The van der Waals surface area contributed by atoms with E-state index in [2.05, 4.69) is 21.3 Å². The monoisotopic (exact) mass is 760 g/mol. The average molecular weight is 761 g/mol. The quantitative estimate of drug-likeness (QED) is 0.0968. The summed E-state index contributed by atoms with van der Waals surface area (Å²) in [5.41, 5.74) is 2.00. The molecule has 12 bridgehead atoms. The van der Waals surface area contributed by atoms with Crippen LogP contribution in [-0.4, -0.2) is 19.7 Å². The highest BCUT2D eigenvalue weighted by molar-refractivity contribution is 7.99. The van der Waals surface area contributed by atoms with Gasteiger partial charge in [0.1, 0.15) is 22.7 Å². The van der Waals surface area contributed by atoms with Gasteiger partial charge in [0.15, 0.2) is 0 Å². The zero-order valence-corrected chi connectivity index (χ0v) is 29.1. The van der Waals surface area contributed by atoms with Crippen molar-refractivity contribution in [1.82, 2.24) is 0 Å². The standard InChI is InChI=1S/C36H24N8O8S2/c45-41(46)33-17-25-9-13-29(33)37-21-1-2-22(4-3-21)38-30-14-10-26(18-34(30)42(47)48)54-28-12-16-32(36(20-28)44(51)52)40-24-7-5-23(6-8-24)39-31-15-11-27(53-25)19-35(31)43(49)50/h1-20,37-40H. The van der Waals surface area contributed by atoms with Gasteiger partial charge in [0.2, 0.25) is 0 Å². The van der Waals surface area contributed by atoms with E-state index in [1.165, 1.54) is 24.3 Å². The average Bonchev–Trinajstić information content (AvgIpc) is 3.15. The minimum absolute atomic E-state index is 0.208. The molecule has 0 fully saturated rings. The summed E-state index contributed by atoms with van der Waals surface area (Å²) in [5, 5.41) is 60.5. The Morgan fingerprint density at radius 1 is 0.333 bits per heavy atom. The molecule has 16 aliphatic heterocycles. The van der Waals surface area contributed by atoms with Crippen LogP contribution in [0.2, 0.25) is 0 Å². The zero-order valence-electron chi connectivity index (χ0n) is 27.4. The highest BCUT2D eigenvalue weighted by atomic mass is 32.2. The van der Waals surface area contributed by atoms with Gasteiger partial charge in [-0.3, -0.25) is 40.5 Å². The Hall–Kier alpha value is -7.18. The molecule has 18 heteroatoms. The van der Waals surface area contributed by atoms with Crippen molar-refractivity contribution >= 4 is 91.8 Å². The molecule has 6 aromatic rings. The molecule has 16 nitrogen and oxygen atoms in total. The van der Waals surface area contributed by atoms with Crippen molar-refractivity contribution in [2.75, 3.05) is 21.3 Å². The minimum atomic E-state index is -0.529. The number of anilines is 8. The van der Waals surface area contributed by atoms with Crippen molar-refractivity contribution in [1.29, 1.82) is 0 Å². The van der Waals surface area contributed by atoms with Gasteiger partial charge in [-0.2, -0.15) is 0 Å². The van der Waals surface area contributed by atoms with Gasteiger partial charge in [-0.05, 0) is 97.1 Å². The van der Waals surface area contributed by atoms with E-state index in [1.54, 1.807) is 97.1 Å². The number of nitrogens with zero attached hydrogens (tertiary/aromatic N) is 4. The van der Waals surface area contributed by atoms with E-state index in [4.69, 9.17) is 0 Å². The first-order chi connectivity index (χ1) is 26.0. The van der Waals surface area contributed by atoms with E-state index in [-0.39, 0.29) is 45.5 Å². The maximum atomic E-state index is 12.1. The molecule has 0 atom stereocenters. The van der Waals surface area contributed by atoms with Crippen molar-refractivity contribution in [2.24, 2.45) is 0 Å². The molecular weight excluding hydrogens is 737 g/mol. The lowest BCUT2D eigenvalue weighted by atomic mass is 10.2. The van der Waals surface area contributed by atoms with Crippen LogP contribution < -0.4 is 21.3 Å². The normalized spacial score (nSPS) is 12.0. The first-order valence-corrected chi connectivity index (χ1v) is 17.4. The molecule has 0 amide bonds. The summed E-state index contributed by atoms with van der Waals surface area (Å²) in [7, 11) is 0. The van der Waals surface area contributed by atoms with E-state index in [9.17, 15) is 40.5 Å². The van der Waals surface area contributed by atoms with Gasteiger partial charge < -0.3 is 21.3 Å². The van der Waals surface area contributed by atoms with Crippen molar-refractivity contribution in [3.05, 3.63) is 162 Å². The number of hydrogen-bond acceptors (Lipinski definition) is 14. The van der Waals surface area contributed by atoms with E-state index in [0.29, 0.717) is 42.3 Å². The molecule has 16 aliphatic rings. The third-order valence-electron chi connectivity index (χ3n) is 8.02. The molecule has 268 valence electrons. The van der Waals surface area contributed by atoms with Crippen LogP contribution in [0.3, 0.4) is 0 Å². The summed E-state index contributed by atoms with van der Waals surface area (Å²) in [4.78, 5) is 48.1. The number of nitro groups is 4. The van der Waals surface area contributed by atoms with E-state index < -0.39 is 19.7 Å². The fourth-order valence-corrected chi connectivity index (χ4v) is 7.27. The fraction of sp³-hybridized carbons (Fsp3) is 0. The summed E-state index contributed by atoms with van der Waals surface area (Å²) in [6.45, 7) is 0. The summed E-state index contributed by atoms with van der Waals surface area (Å²) < 4.78 is 0. The van der Waals surface area contributed by atoms with Gasteiger partial charge in [0.25, 0.3) is 22.7 Å². The number of hydrogen-bond donors (Lipinski definition) is 4. The first-order valence-electron chi connectivity index (χ1n) is 15.8. The lowest BCUT2D eigenvalue weighted by Gasteiger charge is -2.13. The minimum Gasteiger partial charge on any atom is -0.350 e. The Bertz CT molecular complexity index is 2140. The number of nitrogens with one attached hydrogen (secondary N) is 4. The third kappa shape index (κ3) is 7.83. The fourth-order valence-electron chi connectivity index (χ4n) is 5.49. The van der Waals surface area contributed by atoms with Crippen molar-refractivity contribution in [3.8, 4) is 0 Å². The van der Waals surface area contributed by atoms with Gasteiger partial charge in [0.05, 0.1) is 19.7 Å². The largest absolute Gasteiger partial charge is 0.350 e. The Morgan fingerprint density at radius 2 is 0.537 bits per heavy atom. The molecule has 0 aliphatic carbocycles. The van der Waals surface area contributed by atoms with E-state index in [1.807, 2.05) is 0 Å². The van der Waals surface area contributed by atoms with Crippen molar-refractivity contribution in [3.63, 3.8) is 0 Å². The van der Waals surface area contributed by atoms with Crippen LogP contribution in [0.25, 0.3) is 0 Å². The summed E-state index contributed by atoms with van der Waals surface area (Å²) in [6, 6.07) is 31.5. The number of benzene rings is 6. The maximum absolute atomic E-state index is 12.1. The first kappa shape index (κ1) is 35.2. The van der Waals surface area contributed by atoms with Gasteiger partial charge >= 0.3 is 0 Å². The highest BCUT2D eigenvalue weighted by Gasteiger charge is 2.21. The predicted octanol–water partition coefficient (Wildman–Crippen LogP) is 10.9. The van der Waals surface area contributed by atoms with Gasteiger partial charge in [-0.15, -0.1) is 0 Å². The molecule has 4 N–H and O–H groups in total. The van der Waals surface area contributed by atoms with Gasteiger partial charge in [-0.25, -0.2) is 0 Å². The Kier molecular flexibility index (Phi) is 9.67. The highest BCUT2D eigenvalue weighted by Crippen LogP contribution is 2.41. The van der Waals surface area contributed by atoms with Gasteiger partial charge in [0, 0.05) is 66.6 Å². The van der Waals surface area contributed by atoms with E-state index >= 15 is 0 Å². The van der Waals surface area contributed by atoms with Crippen LogP contribution >= 0.6 is 23.5 Å². The zero-order chi connectivity index (χ0) is 37.9. The Labute approximate surface area is 313 Å². The molecule has 54 heavy (non-hydrogen) atoms. The Morgan fingerprint density at radius 3 is 0.722 bits per heavy atom. The van der Waals surface area contributed by atoms with Crippen LogP contribution in [0.1, 0.15) is 0 Å². The number of rotatable bonds is 4. The molecule has 6 aromatic carbocycles. The Balaban J connectivity index is 1.27. The molecule has 0 radical (unpaired) electrons. The molecule has 16 heterocycles. The second-order valence-corrected chi connectivity index (χ2v) is 13.9. The third-order valence-corrected chi connectivity index (χ3v) is 9.98. The lowest BCUT2D eigenvalue weighted by Crippen LogP contribution is -2.00. The van der Waals surface area contributed by atoms with Crippen LogP contribution in [-0.2, 0) is 0 Å². The molecular formula is C36H24N8O8S2. The summed E-state index contributed by atoms with van der Waals surface area (Å²) in [6.07, 6.45) is 0. The van der Waals surface area contributed by atoms with Crippen molar-refractivity contribution < 1.29 is 19.7 Å². The maximum Gasteiger partial charge on any atom is 0.293 e. The van der Waals surface area contributed by atoms with Crippen LogP contribution in [0.5, 0.6) is 0 Å². The molecule has 0 aromatic heterocycles.